The molecule has 0 saturated heterocycles. The van der Waals surface area contributed by atoms with Crippen LogP contribution in [0, 0.1) is 0 Å². The van der Waals surface area contributed by atoms with Crippen LogP contribution in [0.25, 0.3) is 0 Å². The van der Waals surface area contributed by atoms with Crippen molar-refractivity contribution < 1.29 is 4.74 Å². The van der Waals surface area contributed by atoms with Crippen molar-refractivity contribution in [1.82, 2.24) is 9.78 Å². The van der Waals surface area contributed by atoms with Gasteiger partial charge >= 0.3 is 0 Å². The van der Waals surface area contributed by atoms with E-state index in [2.05, 4.69) is 17.3 Å². The Morgan fingerprint density at radius 1 is 1.44 bits per heavy atom. The van der Waals surface area contributed by atoms with Gasteiger partial charge in [-0.25, -0.2) is 0 Å². The summed E-state index contributed by atoms with van der Waals surface area (Å²) in [6.07, 6.45) is 3.71. The molecule has 1 aromatic carbocycles. The lowest BCUT2D eigenvalue weighted by Crippen LogP contribution is -2.22. The average Bonchev–Trinajstić information content (AvgIpc) is 2.84. The van der Waals surface area contributed by atoms with Crippen LogP contribution in [-0.4, -0.2) is 22.9 Å². The maximum atomic E-state index is 6.01. The van der Waals surface area contributed by atoms with E-state index in [-0.39, 0.29) is 6.04 Å². The molecular formula is C13H18N4O. The summed E-state index contributed by atoms with van der Waals surface area (Å²) >= 11 is 0. The summed E-state index contributed by atoms with van der Waals surface area (Å²) in [5, 5.41) is 7.53. The Balaban J connectivity index is 2.05. The summed E-state index contributed by atoms with van der Waals surface area (Å²) in [4.78, 5) is 0. The van der Waals surface area contributed by atoms with Gasteiger partial charge in [0, 0.05) is 18.4 Å². The Morgan fingerprint density at radius 2 is 2.28 bits per heavy atom. The molecule has 0 aliphatic rings. The molecule has 0 aliphatic heterocycles. The van der Waals surface area contributed by atoms with Crippen molar-refractivity contribution in [3.05, 3.63) is 36.7 Å². The number of nitrogens with two attached hydrogens (primary N) is 1. The molecule has 96 valence electrons. The number of rotatable bonds is 5. The molecule has 0 saturated carbocycles. The Bertz CT molecular complexity index is 496. The van der Waals surface area contributed by atoms with Crippen LogP contribution >= 0.6 is 0 Å². The largest absolute Gasteiger partial charge is 0.495 e. The van der Waals surface area contributed by atoms with E-state index in [0.717, 1.165) is 12.2 Å². The molecule has 1 heterocycles. The minimum absolute atomic E-state index is 0.222. The van der Waals surface area contributed by atoms with E-state index in [1.54, 1.807) is 13.3 Å². The molecule has 0 amide bonds. The molecular weight excluding hydrogens is 228 g/mol. The van der Waals surface area contributed by atoms with E-state index in [9.17, 15) is 0 Å². The van der Waals surface area contributed by atoms with Crippen LogP contribution in [0.3, 0.4) is 0 Å². The zero-order chi connectivity index (χ0) is 13.0. The van der Waals surface area contributed by atoms with Gasteiger partial charge in [0.1, 0.15) is 5.75 Å². The summed E-state index contributed by atoms with van der Waals surface area (Å²) in [7, 11) is 1.61. The van der Waals surface area contributed by atoms with Gasteiger partial charge in [0.2, 0.25) is 0 Å². The van der Waals surface area contributed by atoms with E-state index in [4.69, 9.17) is 10.5 Å². The van der Waals surface area contributed by atoms with Crippen LogP contribution in [-0.2, 0) is 6.54 Å². The van der Waals surface area contributed by atoms with Gasteiger partial charge in [-0.3, -0.25) is 4.68 Å². The van der Waals surface area contributed by atoms with Gasteiger partial charge in [-0.05, 0) is 25.1 Å². The Hall–Kier alpha value is -2.17. The molecule has 0 fully saturated rings. The lowest BCUT2D eigenvalue weighted by molar-refractivity contribution is 0.417. The van der Waals surface area contributed by atoms with Gasteiger partial charge in [0.15, 0.2) is 0 Å². The number of anilines is 2. The summed E-state index contributed by atoms with van der Waals surface area (Å²) in [6, 6.07) is 7.83. The number of methoxy groups -OCH3 is 1. The number of nitrogens with zero attached hydrogens (tertiary/aromatic N) is 2. The van der Waals surface area contributed by atoms with Crippen molar-refractivity contribution in [2.24, 2.45) is 0 Å². The predicted molar refractivity (Wildman–Crippen MR) is 72.7 cm³/mol. The van der Waals surface area contributed by atoms with Gasteiger partial charge < -0.3 is 15.8 Å². The van der Waals surface area contributed by atoms with Crippen molar-refractivity contribution in [2.75, 3.05) is 18.2 Å². The SMILES string of the molecule is COc1cccc(NC(C)Cn2cccn2)c1N. The normalized spacial score (nSPS) is 12.1. The summed E-state index contributed by atoms with van der Waals surface area (Å²) in [5.74, 6) is 0.686. The van der Waals surface area contributed by atoms with E-state index < -0.39 is 0 Å². The summed E-state index contributed by atoms with van der Waals surface area (Å²) in [5.41, 5.74) is 7.52. The molecule has 3 N–H and O–H groups in total. The Morgan fingerprint density at radius 3 is 2.94 bits per heavy atom. The maximum absolute atomic E-state index is 6.01. The number of hydrogen-bond donors (Lipinski definition) is 2. The number of benzene rings is 1. The second-order valence-electron chi connectivity index (χ2n) is 4.19. The van der Waals surface area contributed by atoms with E-state index >= 15 is 0 Å². The summed E-state index contributed by atoms with van der Waals surface area (Å²) in [6.45, 7) is 2.87. The van der Waals surface area contributed by atoms with Crippen molar-refractivity contribution in [3.63, 3.8) is 0 Å². The van der Waals surface area contributed by atoms with Crippen molar-refractivity contribution in [3.8, 4) is 5.75 Å². The highest BCUT2D eigenvalue weighted by Gasteiger charge is 2.08. The number of para-hydroxylation sites is 1. The van der Waals surface area contributed by atoms with Gasteiger partial charge in [0.05, 0.1) is 25.0 Å². The standard InChI is InChI=1S/C13H18N4O/c1-10(9-17-8-4-7-15-17)16-11-5-3-6-12(18-2)13(11)14/h3-8,10,16H,9,14H2,1-2H3. The van der Waals surface area contributed by atoms with E-state index in [1.165, 1.54) is 0 Å². The lowest BCUT2D eigenvalue weighted by atomic mass is 10.2. The van der Waals surface area contributed by atoms with Crippen molar-refractivity contribution in [1.29, 1.82) is 0 Å². The van der Waals surface area contributed by atoms with Crippen molar-refractivity contribution in [2.45, 2.75) is 19.5 Å². The quantitative estimate of drug-likeness (QED) is 0.792. The first-order chi connectivity index (χ1) is 8.70. The molecule has 5 heteroatoms. The molecule has 0 bridgehead atoms. The molecule has 1 unspecified atom stereocenters. The Kier molecular flexibility index (Phi) is 3.72. The first-order valence-electron chi connectivity index (χ1n) is 5.87. The summed E-state index contributed by atoms with van der Waals surface area (Å²) < 4.78 is 7.07. The van der Waals surface area contributed by atoms with Gasteiger partial charge in [-0.2, -0.15) is 5.10 Å². The zero-order valence-electron chi connectivity index (χ0n) is 10.6. The highest BCUT2D eigenvalue weighted by Crippen LogP contribution is 2.29. The fourth-order valence-electron chi connectivity index (χ4n) is 1.85. The lowest BCUT2D eigenvalue weighted by Gasteiger charge is -2.18. The first-order valence-corrected chi connectivity index (χ1v) is 5.87. The molecule has 18 heavy (non-hydrogen) atoms. The third kappa shape index (κ3) is 2.74. The molecule has 2 aromatic rings. The molecule has 0 aliphatic carbocycles. The maximum Gasteiger partial charge on any atom is 0.143 e. The van der Waals surface area contributed by atoms with Gasteiger partial charge in [0.25, 0.3) is 0 Å². The van der Waals surface area contributed by atoms with Crippen molar-refractivity contribution >= 4 is 11.4 Å². The second kappa shape index (κ2) is 5.44. The van der Waals surface area contributed by atoms with Crippen LogP contribution in [0.5, 0.6) is 5.75 Å². The molecule has 5 nitrogen and oxygen atoms in total. The molecule has 2 rings (SSSR count). The Labute approximate surface area is 107 Å². The molecule has 1 atom stereocenters. The van der Waals surface area contributed by atoms with Gasteiger partial charge in [-0.1, -0.05) is 6.07 Å². The number of nitrogen functional groups attached to an aromatic ring is 1. The van der Waals surface area contributed by atoms with Gasteiger partial charge in [-0.15, -0.1) is 0 Å². The number of hydrogen-bond acceptors (Lipinski definition) is 4. The van der Waals surface area contributed by atoms with Crippen LogP contribution < -0.4 is 15.8 Å². The zero-order valence-corrected chi connectivity index (χ0v) is 10.6. The number of aromatic nitrogens is 2. The van der Waals surface area contributed by atoms with Crippen LogP contribution in [0.15, 0.2) is 36.7 Å². The molecule has 1 aromatic heterocycles. The molecule has 0 spiro atoms. The van der Waals surface area contributed by atoms with Crippen LogP contribution in [0.1, 0.15) is 6.92 Å². The predicted octanol–water partition coefficient (Wildman–Crippen LogP) is 1.97. The highest BCUT2D eigenvalue weighted by atomic mass is 16.5. The fourth-order valence-corrected chi connectivity index (χ4v) is 1.85. The second-order valence-corrected chi connectivity index (χ2v) is 4.19. The fraction of sp³-hybridized carbons (Fsp3) is 0.308. The van der Waals surface area contributed by atoms with Crippen LogP contribution in [0.2, 0.25) is 0 Å². The topological polar surface area (TPSA) is 65.1 Å². The smallest absolute Gasteiger partial charge is 0.143 e. The van der Waals surface area contributed by atoms with E-state index in [1.807, 2.05) is 35.1 Å². The minimum Gasteiger partial charge on any atom is -0.495 e. The third-order valence-electron chi connectivity index (χ3n) is 2.71. The molecule has 0 radical (unpaired) electrons. The monoisotopic (exact) mass is 246 g/mol. The first kappa shape index (κ1) is 12.3. The number of ether oxygens (including phenoxy) is 1. The average molecular weight is 246 g/mol. The number of nitrogens with one attached hydrogen (secondary N) is 1. The third-order valence-corrected chi connectivity index (χ3v) is 2.71. The minimum atomic E-state index is 0.222. The highest BCUT2D eigenvalue weighted by molar-refractivity contribution is 5.73. The van der Waals surface area contributed by atoms with E-state index in [0.29, 0.717) is 11.4 Å². The van der Waals surface area contributed by atoms with Crippen LogP contribution in [0.4, 0.5) is 11.4 Å².